The first-order valence-corrected chi connectivity index (χ1v) is 17.1. The number of rotatable bonds is 9. The van der Waals surface area contributed by atoms with Gasteiger partial charge in [-0.15, -0.1) is 0 Å². The van der Waals surface area contributed by atoms with Gasteiger partial charge in [0.15, 0.2) is 5.71 Å². The summed E-state index contributed by atoms with van der Waals surface area (Å²) in [6.07, 6.45) is 13.3. The van der Waals surface area contributed by atoms with Crippen molar-refractivity contribution in [2.45, 2.75) is 78.1 Å². The number of anilines is 1. The van der Waals surface area contributed by atoms with Crippen LogP contribution in [0, 0.1) is 0 Å². The minimum atomic E-state index is -0.0755. The molecule has 3 aromatic rings. The lowest BCUT2D eigenvalue weighted by Gasteiger charge is -2.26. The minimum Gasteiger partial charge on any atom is -0.457 e. The van der Waals surface area contributed by atoms with Crippen molar-refractivity contribution in [1.29, 1.82) is 0 Å². The van der Waals surface area contributed by atoms with Crippen molar-refractivity contribution < 1.29 is 9.31 Å². The summed E-state index contributed by atoms with van der Waals surface area (Å²) in [4.78, 5) is 2.46. The largest absolute Gasteiger partial charge is 0.457 e. The van der Waals surface area contributed by atoms with E-state index in [1.54, 1.807) is 0 Å². The molecule has 0 spiro atoms. The van der Waals surface area contributed by atoms with Crippen molar-refractivity contribution >= 4 is 17.1 Å². The quantitative estimate of drug-likeness (QED) is 0.245. The Morgan fingerprint density at radius 3 is 2.26 bits per heavy atom. The van der Waals surface area contributed by atoms with E-state index >= 15 is 0 Å². The Morgan fingerprint density at radius 2 is 1.54 bits per heavy atom. The second-order valence-electron chi connectivity index (χ2n) is 13.7. The van der Waals surface area contributed by atoms with Gasteiger partial charge in [0.1, 0.15) is 18.1 Å². The van der Waals surface area contributed by atoms with E-state index in [4.69, 9.17) is 10.5 Å². The summed E-state index contributed by atoms with van der Waals surface area (Å²) < 4.78 is 9.31. The average Bonchev–Trinajstić information content (AvgIpc) is 3.42. The highest BCUT2D eigenvalue weighted by molar-refractivity contribution is 6.03. The van der Waals surface area contributed by atoms with Crippen LogP contribution in [0.25, 0.3) is 0 Å². The van der Waals surface area contributed by atoms with Crippen LogP contribution < -0.4 is 15.4 Å². The van der Waals surface area contributed by atoms with Gasteiger partial charge in [0.25, 0.3) is 0 Å². The fourth-order valence-corrected chi connectivity index (χ4v) is 7.68. The molecule has 2 aliphatic heterocycles. The fourth-order valence-electron chi connectivity index (χ4n) is 7.68. The normalized spacial score (nSPS) is 20.3. The highest BCUT2D eigenvalue weighted by Crippen LogP contribution is 2.47. The zero-order valence-corrected chi connectivity index (χ0v) is 28.6. The van der Waals surface area contributed by atoms with Crippen LogP contribution in [-0.2, 0) is 17.3 Å². The Hall–Kier alpha value is -4.15. The van der Waals surface area contributed by atoms with Gasteiger partial charge in [-0.1, -0.05) is 68.5 Å². The monoisotopic (exact) mass is 612 g/mol. The number of fused-ring (bicyclic) bond motifs is 2. The van der Waals surface area contributed by atoms with Crippen molar-refractivity contribution in [2.24, 2.45) is 5.73 Å². The average molecular weight is 613 g/mol. The fraction of sp³-hybridized carbons (Fsp3) is 0.357. The zero-order valence-electron chi connectivity index (χ0n) is 28.6. The van der Waals surface area contributed by atoms with Crippen LogP contribution >= 0.6 is 0 Å². The molecule has 0 amide bonds. The number of allylic oxidation sites excluding steroid dienone is 7. The van der Waals surface area contributed by atoms with E-state index in [1.165, 1.54) is 50.6 Å². The molecule has 0 saturated heterocycles. The summed E-state index contributed by atoms with van der Waals surface area (Å²) in [5.74, 6) is 1.85. The van der Waals surface area contributed by atoms with Gasteiger partial charge in [-0.25, -0.2) is 0 Å². The SMILES string of the molecule is CCN1/C(=C/C=C2\CCCC(/C=C/C3=[N+](CC)c4ccccc4C3(C)C)=C2Oc2ccc(CCN)cc2)C(C)(C)c2ccccc21. The molecule has 0 aromatic heterocycles. The van der Waals surface area contributed by atoms with Gasteiger partial charge in [-0.3, -0.25) is 0 Å². The van der Waals surface area contributed by atoms with Crippen molar-refractivity contribution in [3.8, 4) is 5.75 Å². The molecule has 0 saturated carbocycles. The van der Waals surface area contributed by atoms with Crippen LogP contribution in [0.1, 0.15) is 77.5 Å². The van der Waals surface area contributed by atoms with Crippen molar-refractivity contribution in [3.63, 3.8) is 0 Å². The topological polar surface area (TPSA) is 41.5 Å². The number of para-hydroxylation sites is 2. The van der Waals surface area contributed by atoms with E-state index in [0.717, 1.165) is 50.3 Å². The van der Waals surface area contributed by atoms with E-state index in [9.17, 15) is 0 Å². The molecule has 6 rings (SSSR count). The second-order valence-corrected chi connectivity index (χ2v) is 13.7. The maximum Gasteiger partial charge on any atom is 0.209 e. The third-order valence-electron chi connectivity index (χ3n) is 10.2. The number of likely N-dealkylation sites (N-methyl/N-ethyl adjacent to an activating group) is 1. The predicted molar refractivity (Wildman–Crippen MR) is 193 cm³/mol. The molecule has 4 heteroatoms. The zero-order chi connectivity index (χ0) is 32.5. The molecule has 0 fully saturated rings. The van der Waals surface area contributed by atoms with Crippen LogP contribution in [-0.4, -0.2) is 29.9 Å². The van der Waals surface area contributed by atoms with Gasteiger partial charge in [-0.05, 0) is 113 Å². The summed E-state index contributed by atoms with van der Waals surface area (Å²) in [5, 5.41) is 0. The van der Waals surface area contributed by atoms with Gasteiger partial charge in [0.2, 0.25) is 5.69 Å². The Balaban J connectivity index is 1.43. The Bertz CT molecular complexity index is 1760. The number of hydrogen-bond donors (Lipinski definition) is 1. The van der Waals surface area contributed by atoms with Gasteiger partial charge in [-0.2, -0.15) is 4.58 Å². The standard InChI is InChI=1S/C42H50N3O/c1-7-44-36-18-11-9-16-34(36)41(3,4)38(44)26-22-31-14-13-15-32(40(31)46-33-24-20-30(21-25-33)28-29-43)23-27-39-42(5,6)35-17-10-12-19-37(35)45(39)8-2/h9-12,16-27H,7-8,13-15,28-29,43H2,1-6H3/q+1. The summed E-state index contributed by atoms with van der Waals surface area (Å²) in [7, 11) is 0. The first-order chi connectivity index (χ1) is 22.2. The summed E-state index contributed by atoms with van der Waals surface area (Å²) in [5.41, 5.74) is 17.5. The molecular formula is C42H50N3O+. The molecule has 0 atom stereocenters. The van der Waals surface area contributed by atoms with Crippen molar-refractivity contribution in [3.05, 3.63) is 136 Å². The molecule has 46 heavy (non-hydrogen) atoms. The maximum absolute atomic E-state index is 6.84. The lowest BCUT2D eigenvalue weighted by atomic mass is 9.81. The third kappa shape index (κ3) is 5.69. The van der Waals surface area contributed by atoms with Crippen molar-refractivity contribution in [2.75, 3.05) is 24.5 Å². The summed E-state index contributed by atoms with van der Waals surface area (Å²) in [6, 6.07) is 26.1. The Morgan fingerprint density at radius 1 is 0.826 bits per heavy atom. The first-order valence-electron chi connectivity index (χ1n) is 17.1. The highest BCUT2D eigenvalue weighted by atomic mass is 16.5. The molecule has 3 aliphatic rings. The molecule has 4 nitrogen and oxygen atoms in total. The number of nitrogens with zero attached hydrogens (tertiary/aromatic N) is 2. The highest BCUT2D eigenvalue weighted by Gasteiger charge is 2.43. The maximum atomic E-state index is 6.84. The van der Waals surface area contributed by atoms with E-state index in [2.05, 4.69) is 148 Å². The number of benzene rings is 3. The van der Waals surface area contributed by atoms with E-state index in [0.29, 0.717) is 6.54 Å². The Labute approximate surface area is 276 Å². The first kappa shape index (κ1) is 31.8. The third-order valence-corrected chi connectivity index (χ3v) is 10.2. The van der Waals surface area contributed by atoms with Gasteiger partial charge < -0.3 is 15.4 Å². The molecular weight excluding hydrogens is 562 g/mol. The molecule has 0 bridgehead atoms. The summed E-state index contributed by atoms with van der Waals surface area (Å²) >= 11 is 0. The van der Waals surface area contributed by atoms with Crippen LogP contribution in [0.5, 0.6) is 5.75 Å². The van der Waals surface area contributed by atoms with Crippen LogP contribution in [0.4, 0.5) is 11.4 Å². The lowest BCUT2D eigenvalue weighted by Crippen LogP contribution is -2.27. The number of hydrogen-bond acceptors (Lipinski definition) is 3. The van der Waals surface area contributed by atoms with Gasteiger partial charge >= 0.3 is 0 Å². The van der Waals surface area contributed by atoms with E-state index in [1.807, 2.05) is 0 Å². The number of ether oxygens (including phenoxy) is 1. The van der Waals surface area contributed by atoms with E-state index in [-0.39, 0.29) is 10.8 Å². The molecule has 2 heterocycles. The van der Waals surface area contributed by atoms with Gasteiger partial charge in [0.05, 0.1) is 5.41 Å². The minimum absolute atomic E-state index is 0.0755. The van der Waals surface area contributed by atoms with Gasteiger partial charge in [0, 0.05) is 41.1 Å². The van der Waals surface area contributed by atoms with E-state index < -0.39 is 0 Å². The van der Waals surface area contributed by atoms with Crippen LogP contribution in [0.15, 0.2) is 120 Å². The molecule has 1 aliphatic carbocycles. The van der Waals surface area contributed by atoms with Crippen molar-refractivity contribution in [1.82, 2.24) is 0 Å². The summed E-state index contributed by atoms with van der Waals surface area (Å²) in [6.45, 7) is 16.4. The molecule has 2 N–H and O–H groups in total. The van der Waals surface area contributed by atoms with Crippen LogP contribution in [0.3, 0.4) is 0 Å². The molecule has 0 unspecified atom stereocenters. The Kier molecular flexibility index (Phi) is 8.94. The molecule has 238 valence electrons. The smallest absolute Gasteiger partial charge is 0.209 e. The molecule has 0 radical (unpaired) electrons. The predicted octanol–water partition coefficient (Wildman–Crippen LogP) is 9.29. The van der Waals surface area contributed by atoms with Crippen LogP contribution in [0.2, 0.25) is 0 Å². The molecule has 3 aromatic carbocycles. The lowest BCUT2D eigenvalue weighted by molar-refractivity contribution is -0.433. The second kappa shape index (κ2) is 12.9. The number of nitrogens with two attached hydrogens (primary N) is 1.